The standard InChI is InChI=1S/C22H18N2O2S/c1-14-13-26-19(16-9-5-3-6-10-16)18(14)20(25)24-21-15(2)23-22(27-21)17-11-7-4-8-12-17/h3-13H,1-2H3,(H,24,25). The van der Waals surface area contributed by atoms with Crippen molar-refractivity contribution in [2.24, 2.45) is 0 Å². The Hall–Kier alpha value is -3.18. The zero-order valence-corrected chi connectivity index (χ0v) is 15.8. The van der Waals surface area contributed by atoms with E-state index in [2.05, 4.69) is 10.3 Å². The number of nitrogens with one attached hydrogen (secondary N) is 1. The third-order valence-electron chi connectivity index (χ3n) is 4.28. The predicted molar refractivity (Wildman–Crippen MR) is 109 cm³/mol. The fourth-order valence-corrected chi connectivity index (χ4v) is 3.88. The minimum Gasteiger partial charge on any atom is -0.463 e. The van der Waals surface area contributed by atoms with Crippen LogP contribution in [-0.2, 0) is 0 Å². The van der Waals surface area contributed by atoms with Gasteiger partial charge in [-0.05, 0) is 13.8 Å². The summed E-state index contributed by atoms with van der Waals surface area (Å²) in [6.07, 6.45) is 1.62. The number of thiazole rings is 1. The van der Waals surface area contributed by atoms with Crippen LogP contribution in [-0.4, -0.2) is 10.9 Å². The van der Waals surface area contributed by atoms with E-state index >= 15 is 0 Å². The van der Waals surface area contributed by atoms with Crippen molar-refractivity contribution in [1.29, 1.82) is 0 Å². The lowest BCUT2D eigenvalue weighted by Crippen LogP contribution is -2.13. The monoisotopic (exact) mass is 374 g/mol. The summed E-state index contributed by atoms with van der Waals surface area (Å²) in [5.74, 6) is 0.391. The fourth-order valence-electron chi connectivity index (χ4n) is 2.91. The second-order valence-electron chi connectivity index (χ2n) is 6.24. The van der Waals surface area contributed by atoms with Crippen molar-refractivity contribution < 1.29 is 9.21 Å². The summed E-state index contributed by atoms with van der Waals surface area (Å²) in [6, 6.07) is 19.6. The lowest BCUT2D eigenvalue weighted by Gasteiger charge is -2.05. The molecule has 0 bridgehead atoms. The average Bonchev–Trinajstić information content (AvgIpc) is 3.26. The van der Waals surface area contributed by atoms with E-state index in [0.717, 1.165) is 32.4 Å². The van der Waals surface area contributed by atoms with E-state index in [-0.39, 0.29) is 5.91 Å². The number of benzene rings is 2. The number of furan rings is 1. The molecule has 2 aromatic carbocycles. The third-order valence-corrected chi connectivity index (χ3v) is 5.40. The molecule has 0 aliphatic rings. The molecule has 0 fully saturated rings. The summed E-state index contributed by atoms with van der Waals surface area (Å²) in [5, 5.41) is 4.64. The number of rotatable bonds is 4. The Kier molecular flexibility index (Phi) is 4.60. The Labute approximate surface area is 161 Å². The van der Waals surface area contributed by atoms with Gasteiger partial charge in [0.25, 0.3) is 5.91 Å². The van der Waals surface area contributed by atoms with Gasteiger partial charge in [-0.2, -0.15) is 0 Å². The van der Waals surface area contributed by atoms with Gasteiger partial charge in [-0.25, -0.2) is 4.98 Å². The van der Waals surface area contributed by atoms with Gasteiger partial charge in [0.1, 0.15) is 15.8 Å². The second kappa shape index (κ2) is 7.21. The molecule has 0 unspecified atom stereocenters. The van der Waals surface area contributed by atoms with E-state index in [0.29, 0.717) is 11.3 Å². The Morgan fingerprint density at radius 1 is 0.963 bits per heavy atom. The van der Waals surface area contributed by atoms with Crippen molar-refractivity contribution in [2.45, 2.75) is 13.8 Å². The molecule has 1 amide bonds. The molecule has 27 heavy (non-hydrogen) atoms. The number of carbonyl (C=O) groups excluding carboxylic acids is 1. The molecule has 0 aliphatic heterocycles. The van der Waals surface area contributed by atoms with Crippen LogP contribution in [0.15, 0.2) is 71.3 Å². The van der Waals surface area contributed by atoms with Crippen molar-refractivity contribution >= 4 is 22.2 Å². The maximum atomic E-state index is 13.0. The first-order valence-electron chi connectivity index (χ1n) is 8.61. The Bertz CT molecular complexity index is 1080. The number of anilines is 1. The van der Waals surface area contributed by atoms with Crippen LogP contribution in [0.4, 0.5) is 5.00 Å². The zero-order valence-electron chi connectivity index (χ0n) is 15.0. The lowest BCUT2D eigenvalue weighted by atomic mass is 10.1. The summed E-state index contributed by atoms with van der Waals surface area (Å²) in [6.45, 7) is 3.78. The number of hydrogen-bond acceptors (Lipinski definition) is 4. The normalized spacial score (nSPS) is 10.7. The van der Waals surface area contributed by atoms with Crippen molar-refractivity contribution in [1.82, 2.24) is 4.98 Å². The van der Waals surface area contributed by atoms with Gasteiger partial charge in [0.05, 0.1) is 17.5 Å². The average molecular weight is 374 g/mol. The molecule has 5 heteroatoms. The van der Waals surface area contributed by atoms with Gasteiger partial charge in [-0.15, -0.1) is 0 Å². The Morgan fingerprint density at radius 3 is 2.26 bits per heavy atom. The fraction of sp³-hybridized carbons (Fsp3) is 0.0909. The Balaban J connectivity index is 1.65. The lowest BCUT2D eigenvalue weighted by molar-refractivity contribution is 0.102. The smallest absolute Gasteiger partial charge is 0.260 e. The highest BCUT2D eigenvalue weighted by Crippen LogP contribution is 2.33. The van der Waals surface area contributed by atoms with Crippen LogP contribution in [0.5, 0.6) is 0 Å². The van der Waals surface area contributed by atoms with Gasteiger partial charge in [0, 0.05) is 16.7 Å². The summed E-state index contributed by atoms with van der Waals surface area (Å²) >= 11 is 1.47. The first-order chi connectivity index (χ1) is 13.1. The summed E-state index contributed by atoms with van der Waals surface area (Å²) < 4.78 is 5.67. The number of amides is 1. The van der Waals surface area contributed by atoms with Gasteiger partial charge in [0.15, 0.2) is 0 Å². The number of aromatic nitrogens is 1. The maximum Gasteiger partial charge on any atom is 0.260 e. The third kappa shape index (κ3) is 3.41. The van der Waals surface area contributed by atoms with Gasteiger partial charge in [-0.3, -0.25) is 4.79 Å². The topological polar surface area (TPSA) is 55.1 Å². The highest BCUT2D eigenvalue weighted by atomic mass is 32.1. The summed E-state index contributed by atoms with van der Waals surface area (Å²) in [5.41, 5.74) is 4.07. The molecule has 0 saturated carbocycles. The van der Waals surface area contributed by atoms with Crippen LogP contribution in [0.2, 0.25) is 0 Å². The minimum atomic E-state index is -0.188. The largest absolute Gasteiger partial charge is 0.463 e. The molecule has 0 radical (unpaired) electrons. The summed E-state index contributed by atoms with van der Waals surface area (Å²) in [4.78, 5) is 17.6. The van der Waals surface area contributed by atoms with E-state index in [9.17, 15) is 4.79 Å². The highest BCUT2D eigenvalue weighted by Gasteiger charge is 2.21. The minimum absolute atomic E-state index is 0.188. The van der Waals surface area contributed by atoms with Crippen molar-refractivity contribution in [3.63, 3.8) is 0 Å². The van der Waals surface area contributed by atoms with Gasteiger partial charge in [-0.1, -0.05) is 72.0 Å². The molecule has 2 heterocycles. The van der Waals surface area contributed by atoms with Crippen molar-refractivity contribution in [3.05, 3.63) is 83.7 Å². The quantitative estimate of drug-likeness (QED) is 0.481. The van der Waals surface area contributed by atoms with Crippen molar-refractivity contribution in [2.75, 3.05) is 5.32 Å². The van der Waals surface area contributed by atoms with Gasteiger partial charge >= 0.3 is 0 Å². The van der Waals surface area contributed by atoms with E-state index in [1.165, 1.54) is 11.3 Å². The molecule has 0 aliphatic carbocycles. The molecule has 4 rings (SSSR count). The molecular weight excluding hydrogens is 356 g/mol. The maximum absolute atomic E-state index is 13.0. The van der Waals surface area contributed by atoms with E-state index < -0.39 is 0 Å². The first-order valence-corrected chi connectivity index (χ1v) is 9.43. The number of aryl methyl sites for hydroxylation is 2. The predicted octanol–water partition coefficient (Wildman–Crippen LogP) is 5.94. The molecule has 0 atom stereocenters. The Morgan fingerprint density at radius 2 is 1.59 bits per heavy atom. The van der Waals surface area contributed by atoms with Crippen LogP contribution in [0.1, 0.15) is 21.6 Å². The van der Waals surface area contributed by atoms with Gasteiger partial charge in [0.2, 0.25) is 0 Å². The molecule has 134 valence electrons. The van der Waals surface area contributed by atoms with Crippen LogP contribution in [0.3, 0.4) is 0 Å². The highest BCUT2D eigenvalue weighted by molar-refractivity contribution is 7.19. The molecule has 2 aromatic heterocycles. The number of carbonyl (C=O) groups is 1. The SMILES string of the molecule is Cc1coc(-c2ccccc2)c1C(=O)Nc1sc(-c2ccccc2)nc1C. The first kappa shape index (κ1) is 17.2. The van der Waals surface area contributed by atoms with Crippen molar-refractivity contribution in [3.8, 4) is 21.9 Å². The van der Waals surface area contributed by atoms with Gasteiger partial charge < -0.3 is 9.73 Å². The molecular formula is C22H18N2O2S. The second-order valence-corrected chi connectivity index (χ2v) is 7.24. The molecule has 0 saturated heterocycles. The number of hydrogen-bond donors (Lipinski definition) is 1. The van der Waals surface area contributed by atoms with Crippen LogP contribution in [0, 0.1) is 13.8 Å². The molecule has 4 aromatic rings. The zero-order chi connectivity index (χ0) is 18.8. The van der Waals surface area contributed by atoms with Crippen LogP contribution >= 0.6 is 11.3 Å². The van der Waals surface area contributed by atoms with Crippen LogP contribution in [0.25, 0.3) is 21.9 Å². The molecule has 4 nitrogen and oxygen atoms in total. The summed E-state index contributed by atoms with van der Waals surface area (Å²) in [7, 11) is 0. The van der Waals surface area contributed by atoms with E-state index in [1.54, 1.807) is 6.26 Å². The van der Waals surface area contributed by atoms with Crippen LogP contribution < -0.4 is 5.32 Å². The van der Waals surface area contributed by atoms with E-state index in [1.807, 2.05) is 74.5 Å². The molecule has 0 spiro atoms. The van der Waals surface area contributed by atoms with E-state index in [4.69, 9.17) is 4.42 Å². The number of nitrogens with zero attached hydrogens (tertiary/aromatic N) is 1. The molecule has 1 N–H and O–H groups in total.